The molecule has 0 unspecified atom stereocenters. The normalized spacial score (nSPS) is 11.6. The van der Waals surface area contributed by atoms with Gasteiger partial charge in [0.15, 0.2) is 15.8 Å². The Bertz CT molecular complexity index is 840. The van der Waals surface area contributed by atoms with Crippen LogP contribution in [0.4, 0.5) is 0 Å². The van der Waals surface area contributed by atoms with Crippen molar-refractivity contribution in [2.24, 2.45) is 4.99 Å². The Kier molecular flexibility index (Phi) is 9.38. The highest BCUT2D eigenvalue weighted by Gasteiger charge is 2.06. The van der Waals surface area contributed by atoms with Crippen LogP contribution in [0.25, 0.3) is 0 Å². The molecular weight excluding hydrogens is 485 g/mol. The molecule has 2 aromatic rings. The molecule has 0 aromatic heterocycles. The van der Waals surface area contributed by atoms with E-state index in [4.69, 9.17) is 11.6 Å². The summed E-state index contributed by atoms with van der Waals surface area (Å²) < 4.78 is 23.0. The van der Waals surface area contributed by atoms with Crippen LogP contribution in [0.3, 0.4) is 0 Å². The zero-order valence-electron chi connectivity index (χ0n) is 14.7. The molecule has 0 bridgehead atoms. The fraction of sp³-hybridized carbons (Fsp3) is 0.278. The minimum atomic E-state index is -3.17. The number of nitrogens with zero attached hydrogens (tertiary/aromatic N) is 1. The molecular formula is C18H23ClIN3O2S. The van der Waals surface area contributed by atoms with Crippen molar-refractivity contribution in [3.8, 4) is 0 Å². The summed E-state index contributed by atoms with van der Waals surface area (Å²) in [5, 5.41) is 7.11. The topological polar surface area (TPSA) is 70.6 Å². The second kappa shape index (κ2) is 10.7. The van der Waals surface area contributed by atoms with Crippen molar-refractivity contribution in [3.05, 3.63) is 64.7 Å². The predicted octanol–water partition coefficient (Wildman–Crippen LogP) is 3.62. The van der Waals surface area contributed by atoms with Crippen LogP contribution >= 0.6 is 35.6 Å². The molecule has 26 heavy (non-hydrogen) atoms. The van der Waals surface area contributed by atoms with Crippen molar-refractivity contribution in [3.63, 3.8) is 0 Å². The number of hydrogen-bond acceptors (Lipinski definition) is 3. The van der Waals surface area contributed by atoms with Crippen LogP contribution in [0.2, 0.25) is 5.02 Å². The molecule has 0 fully saturated rings. The van der Waals surface area contributed by atoms with Gasteiger partial charge in [-0.1, -0.05) is 35.9 Å². The Morgan fingerprint density at radius 1 is 1.08 bits per heavy atom. The van der Waals surface area contributed by atoms with Crippen LogP contribution in [-0.2, 0) is 22.9 Å². The number of guanidine groups is 1. The van der Waals surface area contributed by atoms with Crippen LogP contribution in [0.15, 0.2) is 58.4 Å². The Morgan fingerprint density at radius 3 is 2.35 bits per heavy atom. The molecule has 0 saturated carbocycles. The fourth-order valence-corrected chi connectivity index (χ4v) is 3.03. The maximum atomic E-state index is 11.5. The molecule has 2 aromatic carbocycles. The molecule has 2 N–H and O–H groups in total. The van der Waals surface area contributed by atoms with E-state index < -0.39 is 9.84 Å². The Morgan fingerprint density at radius 2 is 1.77 bits per heavy atom. The van der Waals surface area contributed by atoms with Crippen LogP contribution in [0.5, 0.6) is 0 Å². The third-order valence-electron chi connectivity index (χ3n) is 3.46. The van der Waals surface area contributed by atoms with E-state index in [-0.39, 0.29) is 24.0 Å². The first-order chi connectivity index (χ1) is 11.9. The van der Waals surface area contributed by atoms with E-state index in [9.17, 15) is 8.42 Å². The van der Waals surface area contributed by atoms with Gasteiger partial charge in [-0.05, 0) is 42.3 Å². The van der Waals surface area contributed by atoms with E-state index >= 15 is 0 Å². The summed E-state index contributed by atoms with van der Waals surface area (Å²) in [4.78, 5) is 4.85. The summed E-state index contributed by atoms with van der Waals surface area (Å²) >= 11 is 5.98. The van der Waals surface area contributed by atoms with Gasteiger partial charge < -0.3 is 10.6 Å². The number of aliphatic imine (C=N–C) groups is 1. The highest BCUT2D eigenvalue weighted by atomic mass is 127. The largest absolute Gasteiger partial charge is 0.357 e. The first-order valence-electron chi connectivity index (χ1n) is 7.94. The van der Waals surface area contributed by atoms with Crippen molar-refractivity contribution >= 4 is 51.4 Å². The highest BCUT2D eigenvalue weighted by molar-refractivity contribution is 14.0. The molecule has 0 radical (unpaired) electrons. The summed E-state index contributed by atoms with van der Waals surface area (Å²) in [5.41, 5.74) is 2.00. The van der Waals surface area contributed by atoms with Crippen LogP contribution < -0.4 is 10.6 Å². The van der Waals surface area contributed by atoms with Gasteiger partial charge in [0.1, 0.15) is 0 Å². The van der Waals surface area contributed by atoms with Crippen molar-refractivity contribution in [2.45, 2.75) is 24.9 Å². The SMILES string of the molecule is CCNC(=NCc1cccc(Cl)c1)NCc1ccc(S(C)(=O)=O)cc1.I. The van der Waals surface area contributed by atoms with Crippen molar-refractivity contribution in [1.82, 2.24) is 10.6 Å². The van der Waals surface area contributed by atoms with Gasteiger partial charge in [0.2, 0.25) is 0 Å². The lowest BCUT2D eigenvalue weighted by molar-refractivity contribution is 0.602. The molecule has 0 heterocycles. The van der Waals surface area contributed by atoms with E-state index in [2.05, 4.69) is 15.6 Å². The Labute approximate surface area is 177 Å². The van der Waals surface area contributed by atoms with Gasteiger partial charge in [-0.3, -0.25) is 0 Å². The highest BCUT2D eigenvalue weighted by Crippen LogP contribution is 2.12. The predicted molar refractivity (Wildman–Crippen MR) is 118 cm³/mol. The second-order valence-electron chi connectivity index (χ2n) is 5.59. The molecule has 5 nitrogen and oxygen atoms in total. The zero-order valence-corrected chi connectivity index (χ0v) is 18.6. The van der Waals surface area contributed by atoms with Crippen molar-refractivity contribution in [2.75, 3.05) is 12.8 Å². The van der Waals surface area contributed by atoms with Gasteiger partial charge in [-0.2, -0.15) is 0 Å². The van der Waals surface area contributed by atoms with Gasteiger partial charge >= 0.3 is 0 Å². The summed E-state index contributed by atoms with van der Waals surface area (Å²) in [7, 11) is -3.17. The molecule has 2 rings (SSSR count). The summed E-state index contributed by atoms with van der Waals surface area (Å²) in [5.74, 6) is 0.690. The van der Waals surface area contributed by atoms with Crippen LogP contribution in [0.1, 0.15) is 18.1 Å². The minimum absolute atomic E-state index is 0. The van der Waals surface area contributed by atoms with Crippen molar-refractivity contribution < 1.29 is 8.42 Å². The number of benzene rings is 2. The minimum Gasteiger partial charge on any atom is -0.357 e. The van der Waals surface area contributed by atoms with E-state index in [1.54, 1.807) is 24.3 Å². The first-order valence-corrected chi connectivity index (χ1v) is 10.2. The average molecular weight is 508 g/mol. The van der Waals surface area contributed by atoms with Gasteiger partial charge in [-0.25, -0.2) is 13.4 Å². The molecule has 0 atom stereocenters. The quantitative estimate of drug-likeness (QED) is 0.356. The number of halogens is 2. The molecule has 0 aliphatic rings. The monoisotopic (exact) mass is 507 g/mol. The molecule has 0 spiro atoms. The van der Waals surface area contributed by atoms with E-state index in [1.807, 2.05) is 31.2 Å². The van der Waals surface area contributed by atoms with Crippen molar-refractivity contribution in [1.29, 1.82) is 0 Å². The maximum Gasteiger partial charge on any atom is 0.191 e. The fourth-order valence-electron chi connectivity index (χ4n) is 2.19. The summed E-state index contributed by atoms with van der Waals surface area (Å²) in [6.07, 6.45) is 1.20. The number of rotatable bonds is 6. The first kappa shape index (κ1) is 22.7. The smallest absolute Gasteiger partial charge is 0.191 e. The molecule has 142 valence electrons. The average Bonchev–Trinajstić information content (AvgIpc) is 2.57. The number of hydrogen-bond donors (Lipinski definition) is 2. The lowest BCUT2D eigenvalue weighted by atomic mass is 10.2. The summed E-state index contributed by atoms with van der Waals surface area (Å²) in [6, 6.07) is 14.4. The summed E-state index contributed by atoms with van der Waals surface area (Å²) in [6.45, 7) is 3.81. The third kappa shape index (κ3) is 7.51. The van der Waals surface area contributed by atoms with E-state index in [0.29, 0.717) is 29.0 Å². The Hall–Kier alpha value is -1.32. The van der Waals surface area contributed by atoms with Gasteiger partial charge in [-0.15, -0.1) is 24.0 Å². The van der Waals surface area contributed by atoms with Gasteiger partial charge in [0, 0.05) is 24.4 Å². The lowest BCUT2D eigenvalue weighted by Crippen LogP contribution is -2.36. The third-order valence-corrected chi connectivity index (χ3v) is 4.83. The molecule has 0 saturated heterocycles. The zero-order chi connectivity index (χ0) is 18.3. The molecule has 0 aliphatic carbocycles. The molecule has 0 aliphatic heterocycles. The number of nitrogens with one attached hydrogen (secondary N) is 2. The maximum absolute atomic E-state index is 11.5. The van der Waals surface area contributed by atoms with E-state index in [0.717, 1.165) is 17.7 Å². The van der Waals surface area contributed by atoms with E-state index in [1.165, 1.54) is 6.26 Å². The van der Waals surface area contributed by atoms with Gasteiger partial charge in [0.05, 0.1) is 11.4 Å². The Balaban J connectivity index is 0.00000338. The number of sulfone groups is 1. The van der Waals surface area contributed by atoms with Crippen LogP contribution in [0, 0.1) is 0 Å². The lowest BCUT2D eigenvalue weighted by Gasteiger charge is -2.12. The molecule has 8 heteroatoms. The van der Waals surface area contributed by atoms with Crippen LogP contribution in [-0.4, -0.2) is 27.2 Å². The standard InChI is InChI=1S/C18H22ClN3O2S.HI/c1-3-20-18(22-13-15-5-4-6-16(19)11-15)21-12-14-7-9-17(10-8-14)25(2,23)24;/h4-11H,3,12-13H2,1-2H3,(H2,20,21,22);1H. The molecule has 0 amide bonds. The van der Waals surface area contributed by atoms with Gasteiger partial charge in [0.25, 0.3) is 0 Å². The second-order valence-corrected chi connectivity index (χ2v) is 8.05.